The van der Waals surface area contributed by atoms with Crippen molar-refractivity contribution in [3.8, 4) is 17.2 Å². The van der Waals surface area contributed by atoms with Gasteiger partial charge >= 0.3 is 0 Å². The second-order valence-electron chi connectivity index (χ2n) is 10.6. The van der Waals surface area contributed by atoms with Gasteiger partial charge in [0, 0.05) is 4.47 Å². The summed E-state index contributed by atoms with van der Waals surface area (Å²) < 4.78 is 26.7. The molecule has 0 unspecified atom stereocenters. The van der Waals surface area contributed by atoms with Crippen LogP contribution in [0.4, 0.5) is 5.69 Å². The number of carbonyl (C=O) groups excluding carboxylic acids is 1. The molecule has 0 saturated heterocycles. The molecule has 0 bridgehead atoms. The highest BCUT2D eigenvalue weighted by Gasteiger charge is 2.23. The second-order valence-corrected chi connectivity index (χ2v) is 13.9. The predicted molar refractivity (Wildman–Crippen MR) is 163 cm³/mol. The van der Waals surface area contributed by atoms with Gasteiger partial charge in [-0.25, -0.2) is 8.42 Å². The van der Waals surface area contributed by atoms with Crippen LogP contribution >= 0.6 is 27.5 Å². The Kier molecular flexibility index (Phi) is 8.73. The summed E-state index contributed by atoms with van der Waals surface area (Å²) in [5.41, 5.74) is 2.29. The summed E-state index contributed by atoms with van der Waals surface area (Å²) in [5, 5.41) is 33.7. The van der Waals surface area contributed by atoms with Crippen molar-refractivity contribution in [3.05, 3.63) is 105 Å². The van der Waals surface area contributed by atoms with Crippen molar-refractivity contribution in [3.63, 3.8) is 0 Å². The molecule has 0 spiro atoms. The third-order valence-corrected chi connectivity index (χ3v) is 9.31. The van der Waals surface area contributed by atoms with Gasteiger partial charge in [-0.1, -0.05) is 72.6 Å². The van der Waals surface area contributed by atoms with Crippen molar-refractivity contribution in [1.82, 2.24) is 0 Å². The molecule has 0 fully saturated rings. The highest BCUT2D eigenvalue weighted by Crippen LogP contribution is 2.41. The quantitative estimate of drug-likeness (QED) is 0.154. The number of rotatable bonds is 7. The summed E-state index contributed by atoms with van der Waals surface area (Å²) in [5.74, 6) is -2.91. The number of aromatic hydroxyl groups is 3. The minimum absolute atomic E-state index is 0.0127. The molecule has 0 radical (unpaired) electrons. The first-order chi connectivity index (χ1) is 19.2. The lowest BCUT2D eigenvalue weighted by Crippen LogP contribution is -2.13. The summed E-state index contributed by atoms with van der Waals surface area (Å²) in [6.45, 7) is 6.37. The van der Waals surface area contributed by atoms with Crippen molar-refractivity contribution in [1.29, 1.82) is 0 Å². The third-order valence-electron chi connectivity index (χ3n) is 6.70. The maximum atomic E-state index is 13.1. The van der Waals surface area contributed by atoms with Gasteiger partial charge in [0.2, 0.25) is 15.6 Å². The van der Waals surface area contributed by atoms with E-state index >= 15 is 0 Å². The highest BCUT2D eigenvalue weighted by molar-refractivity contribution is 9.10. The van der Waals surface area contributed by atoms with Crippen LogP contribution in [0.2, 0.25) is 5.02 Å². The van der Waals surface area contributed by atoms with Crippen LogP contribution in [-0.4, -0.2) is 29.6 Å². The van der Waals surface area contributed by atoms with Crippen LogP contribution in [0, 0.1) is 0 Å². The Labute approximate surface area is 252 Å². The van der Waals surface area contributed by atoms with Gasteiger partial charge in [-0.05, 0) is 83.5 Å². The molecule has 0 aliphatic carbocycles. The van der Waals surface area contributed by atoms with Crippen LogP contribution in [0.1, 0.15) is 47.8 Å². The third kappa shape index (κ3) is 6.69. The Morgan fingerprint density at radius 2 is 1.44 bits per heavy atom. The van der Waals surface area contributed by atoms with Crippen molar-refractivity contribution in [2.24, 2.45) is 0 Å². The van der Waals surface area contributed by atoms with Gasteiger partial charge in [0.25, 0.3) is 5.91 Å². The summed E-state index contributed by atoms with van der Waals surface area (Å²) in [4.78, 5) is 13.1. The van der Waals surface area contributed by atoms with Crippen LogP contribution in [0.3, 0.4) is 0 Å². The molecule has 0 heterocycles. The minimum atomic E-state index is -3.86. The van der Waals surface area contributed by atoms with E-state index in [-0.39, 0.29) is 43.5 Å². The Morgan fingerprint density at radius 3 is 2.02 bits per heavy atom. The van der Waals surface area contributed by atoms with Gasteiger partial charge in [-0.2, -0.15) is 0 Å². The van der Waals surface area contributed by atoms with Gasteiger partial charge in [0.1, 0.15) is 0 Å². The van der Waals surface area contributed by atoms with Gasteiger partial charge in [-0.15, -0.1) is 0 Å². The zero-order valence-electron chi connectivity index (χ0n) is 22.6. The summed E-state index contributed by atoms with van der Waals surface area (Å²) in [7, 11) is -3.86. The number of phenolic OH excluding ortho intramolecular Hbond substituents is 3. The molecule has 4 aromatic carbocycles. The molecule has 0 saturated carbocycles. The van der Waals surface area contributed by atoms with E-state index in [4.69, 9.17) is 11.6 Å². The van der Waals surface area contributed by atoms with Crippen LogP contribution < -0.4 is 5.32 Å². The van der Waals surface area contributed by atoms with E-state index in [1.165, 1.54) is 42.0 Å². The molecule has 4 aromatic rings. The molecule has 214 valence electrons. The van der Waals surface area contributed by atoms with Gasteiger partial charge in [0.15, 0.2) is 11.5 Å². The smallest absolute Gasteiger partial charge is 0.259 e. The van der Waals surface area contributed by atoms with Crippen LogP contribution in [0.5, 0.6) is 17.2 Å². The molecule has 7 nitrogen and oxygen atoms in total. The number of anilines is 1. The highest BCUT2D eigenvalue weighted by atomic mass is 79.9. The average molecular weight is 659 g/mol. The lowest BCUT2D eigenvalue weighted by Gasteiger charge is -2.19. The minimum Gasteiger partial charge on any atom is -0.504 e. The monoisotopic (exact) mass is 657 g/mol. The molecule has 0 atom stereocenters. The second kappa shape index (κ2) is 11.8. The Balaban J connectivity index is 1.54. The number of aryl methyl sites for hydroxylation is 2. The van der Waals surface area contributed by atoms with Gasteiger partial charge < -0.3 is 20.6 Å². The number of halogens is 2. The van der Waals surface area contributed by atoms with E-state index in [0.29, 0.717) is 6.42 Å². The number of carbonyl (C=O) groups is 1. The van der Waals surface area contributed by atoms with E-state index in [9.17, 15) is 28.5 Å². The lowest BCUT2D eigenvalue weighted by atomic mass is 9.86. The first-order valence-electron chi connectivity index (χ1n) is 12.7. The number of benzene rings is 4. The Hall–Kier alpha value is -3.53. The molecule has 4 rings (SSSR count). The van der Waals surface area contributed by atoms with Crippen LogP contribution in [0.15, 0.2) is 87.1 Å². The molecule has 1 amide bonds. The maximum Gasteiger partial charge on any atom is 0.259 e. The topological polar surface area (TPSA) is 124 Å². The first kappa shape index (κ1) is 30.4. The zero-order valence-corrected chi connectivity index (χ0v) is 25.7. The first-order valence-corrected chi connectivity index (χ1v) is 15.3. The number of phenols is 3. The van der Waals surface area contributed by atoms with Crippen molar-refractivity contribution >= 4 is 49.0 Å². The summed E-state index contributed by atoms with van der Waals surface area (Å²) in [6, 6.07) is 19.4. The van der Waals surface area contributed by atoms with Crippen molar-refractivity contribution in [2.45, 2.75) is 48.8 Å². The number of hydrogen-bond donors (Lipinski definition) is 4. The Bertz CT molecular complexity index is 1710. The van der Waals surface area contributed by atoms with Gasteiger partial charge in [0.05, 0.1) is 26.1 Å². The molecular weight excluding hydrogens is 630 g/mol. The zero-order chi connectivity index (χ0) is 30.1. The number of hydrogen-bond acceptors (Lipinski definition) is 6. The van der Waals surface area contributed by atoms with Crippen molar-refractivity contribution in [2.75, 3.05) is 5.32 Å². The predicted octanol–water partition coefficient (Wildman–Crippen LogP) is 7.39. The van der Waals surface area contributed by atoms with E-state index < -0.39 is 33.0 Å². The maximum absolute atomic E-state index is 13.1. The molecule has 10 heteroatoms. The molecule has 0 aliphatic heterocycles. The molecular formula is C31H29BrClNO6S. The summed E-state index contributed by atoms with van der Waals surface area (Å²) in [6.07, 6.45) is 0.807. The molecule has 41 heavy (non-hydrogen) atoms. The van der Waals surface area contributed by atoms with Crippen molar-refractivity contribution < 1.29 is 28.5 Å². The van der Waals surface area contributed by atoms with Crippen LogP contribution in [-0.2, 0) is 28.1 Å². The van der Waals surface area contributed by atoms with E-state index in [2.05, 4.69) is 42.0 Å². The largest absolute Gasteiger partial charge is 0.504 e. The standard InChI is InChI=1S/C31H29BrClNO6S/c1-31(2,3)20-8-5-18(6-9-20)4-7-19-16-24(28(36)29(37)27(19)35)30(38)34-26-15-14-23(17-25(26)33)41(39,40)22-12-10-21(32)11-13-22/h5-6,8-17,35-37H,4,7H2,1-3H3,(H,34,38). The Morgan fingerprint density at radius 1 is 0.829 bits per heavy atom. The average Bonchev–Trinajstić information content (AvgIpc) is 2.92. The SMILES string of the molecule is CC(C)(C)c1ccc(CCc2cc(C(=O)Nc3ccc(S(=O)(=O)c4ccc(Br)cc4)cc3Cl)c(O)c(O)c2O)cc1. The van der Waals surface area contributed by atoms with Gasteiger partial charge in [-0.3, -0.25) is 4.79 Å². The van der Waals surface area contributed by atoms with Crippen LogP contribution in [0.25, 0.3) is 0 Å². The number of nitrogens with one attached hydrogen (secondary N) is 1. The van der Waals surface area contributed by atoms with E-state index in [1.54, 1.807) is 12.1 Å². The normalized spacial score (nSPS) is 11.8. The summed E-state index contributed by atoms with van der Waals surface area (Å²) >= 11 is 9.60. The van der Waals surface area contributed by atoms with E-state index in [1.807, 2.05) is 24.3 Å². The fourth-order valence-corrected chi connectivity index (χ4v) is 6.06. The van der Waals surface area contributed by atoms with E-state index in [0.717, 1.165) is 10.0 Å². The fourth-order valence-electron chi connectivity index (χ4n) is 4.22. The fraction of sp³-hybridized carbons (Fsp3) is 0.194. The number of sulfone groups is 1. The lowest BCUT2D eigenvalue weighted by molar-refractivity contribution is 0.102. The number of amides is 1. The molecule has 4 N–H and O–H groups in total. The molecule has 0 aromatic heterocycles. The molecule has 0 aliphatic rings.